The topological polar surface area (TPSA) is 24.9 Å². The van der Waals surface area contributed by atoms with E-state index in [1.54, 1.807) is 0 Å². The Labute approximate surface area is 79.4 Å². The first-order valence-electron chi connectivity index (χ1n) is 4.91. The van der Waals surface area contributed by atoms with E-state index in [1.165, 1.54) is 17.7 Å². The Bertz CT molecular complexity index is 279. The second kappa shape index (κ2) is 3.46. The van der Waals surface area contributed by atoms with Crippen LogP contribution in [0, 0.1) is 12.8 Å². The summed E-state index contributed by atoms with van der Waals surface area (Å²) in [5, 5.41) is 3.48. The van der Waals surface area contributed by atoms with Crippen molar-refractivity contribution >= 4 is 0 Å². The highest BCUT2D eigenvalue weighted by Crippen LogP contribution is 2.24. The van der Waals surface area contributed by atoms with Gasteiger partial charge in [0.2, 0.25) is 0 Å². The summed E-state index contributed by atoms with van der Waals surface area (Å²) in [5.41, 5.74) is 2.42. The van der Waals surface area contributed by atoms with Crippen molar-refractivity contribution in [2.45, 2.75) is 26.3 Å². The Balaban J connectivity index is 2.13. The molecule has 2 heteroatoms. The molecule has 0 amide bonds. The average molecular weight is 176 g/mol. The maximum Gasteiger partial charge on any atom is 0.0573 e. The third kappa shape index (κ3) is 1.89. The van der Waals surface area contributed by atoms with Crippen LogP contribution < -0.4 is 5.32 Å². The molecule has 1 aliphatic heterocycles. The van der Waals surface area contributed by atoms with Crippen LogP contribution in [0.25, 0.3) is 0 Å². The molecule has 0 aliphatic carbocycles. The summed E-state index contributed by atoms with van der Waals surface area (Å²) >= 11 is 0. The van der Waals surface area contributed by atoms with Crippen LogP contribution in [0.4, 0.5) is 0 Å². The summed E-state index contributed by atoms with van der Waals surface area (Å²) in [6.07, 6.45) is 3.16. The van der Waals surface area contributed by atoms with Gasteiger partial charge in [0.1, 0.15) is 0 Å². The number of nitrogens with zero attached hydrogens (tertiary/aromatic N) is 1. The van der Waals surface area contributed by atoms with Crippen molar-refractivity contribution in [3.05, 3.63) is 29.6 Å². The van der Waals surface area contributed by atoms with E-state index in [0.717, 1.165) is 12.5 Å². The van der Waals surface area contributed by atoms with E-state index in [0.29, 0.717) is 6.04 Å². The molecule has 1 fully saturated rings. The molecule has 2 heterocycles. The molecule has 1 saturated heterocycles. The van der Waals surface area contributed by atoms with Gasteiger partial charge in [0, 0.05) is 12.2 Å². The van der Waals surface area contributed by atoms with Gasteiger partial charge >= 0.3 is 0 Å². The summed E-state index contributed by atoms with van der Waals surface area (Å²) < 4.78 is 0. The predicted octanol–water partition coefficient (Wildman–Crippen LogP) is 2.06. The second-order valence-electron chi connectivity index (χ2n) is 4.06. The lowest BCUT2D eigenvalue weighted by molar-refractivity contribution is 0.599. The molecule has 1 aromatic heterocycles. The zero-order valence-corrected chi connectivity index (χ0v) is 8.25. The van der Waals surface area contributed by atoms with Crippen LogP contribution in [-0.2, 0) is 0 Å². The van der Waals surface area contributed by atoms with Gasteiger partial charge in [0.25, 0.3) is 0 Å². The predicted molar refractivity (Wildman–Crippen MR) is 53.5 cm³/mol. The maximum absolute atomic E-state index is 4.43. The molecule has 0 saturated carbocycles. The molecular formula is C11H16N2. The summed E-state index contributed by atoms with van der Waals surface area (Å²) in [7, 11) is 0. The number of hydrogen-bond acceptors (Lipinski definition) is 2. The Morgan fingerprint density at radius 2 is 2.31 bits per heavy atom. The highest BCUT2D eigenvalue weighted by Gasteiger charge is 2.22. The van der Waals surface area contributed by atoms with Gasteiger partial charge < -0.3 is 5.32 Å². The van der Waals surface area contributed by atoms with Crippen LogP contribution in [0.5, 0.6) is 0 Å². The Morgan fingerprint density at radius 1 is 1.46 bits per heavy atom. The molecule has 0 aromatic carbocycles. The van der Waals surface area contributed by atoms with Gasteiger partial charge in [0.15, 0.2) is 0 Å². The van der Waals surface area contributed by atoms with Crippen molar-refractivity contribution in [1.29, 1.82) is 0 Å². The molecule has 1 aromatic rings. The van der Waals surface area contributed by atoms with Crippen LogP contribution in [0.2, 0.25) is 0 Å². The fourth-order valence-corrected chi connectivity index (χ4v) is 1.82. The van der Waals surface area contributed by atoms with Crippen LogP contribution in [0.1, 0.15) is 30.6 Å². The molecule has 0 spiro atoms. The summed E-state index contributed by atoms with van der Waals surface area (Å²) in [5.74, 6) is 0.785. The molecule has 70 valence electrons. The van der Waals surface area contributed by atoms with Gasteiger partial charge in [-0.25, -0.2) is 0 Å². The molecule has 2 rings (SSSR count). The van der Waals surface area contributed by atoms with E-state index in [9.17, 15) is 0 Å². The first-order valence-corrected chi connectivity index (χ1v) is 4.91. The van der Waals surface area contributed by atoms with Gasteiger partial charge in [-0.15, -0.1) is 0 Å². The van der Waals surface area contributed by atoms with Gasteiger partial charge in [-0.1, -0.05) is 13.0 Å². The molecule has 0 radical (unpaired) electrons. The first-order chi connectivity index (χ1) is 6.25. The van der Waals surface area contributed by atoms with Crippen LogP contribution in [-0.4, -0.2) is 11.5 Å². The highest BCUT2D eigenvalue weighted by molar-refractivity contribution is 5.16. The second-order valence-corrected chi connectivity index (χ2v) is 4.06. The van der Waals surface area contributed by atoms with E-state index >= 15 is 0 Å². The van der Waals surface area contributed by atoms with Crippen LogP contribution in [0.3, 0.4) is 0 Å². The highest BCUT2D eigenvalue weighted by atomic mass is 15.0. The zero-order chi connectivity index (χ0) is 9.26. The molecule has 2 atom stereocenters. The zero-order valence-electron chi connectivity index (χ0n) is 8.25. The maximum atomic E-state index is 4.43. The molecule has 13 heavy (non-hydrogen) atoms. The summed E-state index contributed by atoms with van der Waals surface area (Å²) in [4.78, 5) is 4.43. The van der Waals surface area contributed by atoms with E-state index in [4.69, 9.17) is 0 Å². The van der Waals surface area contributed by atoms with Crippen LogP contribution in [0.15, 0.2) is 18.3 Å². The molecule has 1 N–H and O–H groups in total. The third-order valence-corrected chi connectivity index (χ3v) is 2.64. The summed E-state index contributed by atoms with van der Waals surface area (Å²) in [6.45, 7) is 5.48. The minimum atomic E-state index is 0.482. The quantitative estimate of drug-likeness (QED) is 0.708. The number of hydrogen-bond donors (Lipinski definition) is 1. The lowest BCUT2D eigenvalue weighted by atomic mass is 10.1. The van der Waals surface area contributed by atoms with E-state index in [-0.39, 0.29) is 0 Å². The minimum Gasteiger partial charge on any atom is -0.308 e. The first kappa shape index (κ1) is 8.70. The number of pyridine rings is 1. The van der Waals surface area contributed by atoms with Crippen molar-refractivity contribution in [3.8, 4) is 0 Å². The standard InChI is InChI=1S/C11H16N2/c1-8-3-4-10(12-6-8)11-5-9(2)7-13-11/h3-4,6,9,11,13H,5,7H2,1-2H3/t9-,11-/m0/s1. The van der Waals surface area contributed by atoms with Crippen molar-refractivity contribution in [2.75, 3.05) is 6.54 Å². The SMILES string of the molecule is Cc1ccc([C@@H]2C[C@H](C)CN2)nc1. The Hall–Kier alpha value is -0.890. The fourth-order valence-electron chi connectivity index (χ4n) is 1.82. The average Bonchev–Trinajstić information content (AvgIpc) is 2.53. The molecule has 0 bridgehead atoms. The van der Waals surface area contributed by atoms with Gasteiger partial charge in [-0.05, 0) is 37.4 Å². The number of aryl methyl sites for hydroxylation is 1. The number of rotatable bonds is 1. The minimum absolute atomic E-state index is 0.482. The lowest BCUT2D eigenvalue weighted by Gasteiger charge is -2.08. The Kier molecular flexibility index (Phi) is 2.32. The Morgan fingerprint density at radius 3 is 2.85 bits per heavy atom. The lowest BCUT2D eigenvalue weighted by Crippen LogP contribution is -2.14. The van der Waals surface area contributed by atoms with Crippen molar-refractivity contribution in [2.24, 2.45) is 5.92 Å². The smallest absolute Gasteiger partial charge is 0.0573 e. The third-order valence-electron chi connectivity index (χ3n) is 2.64. The largest absolute Gasteiger partial charge is 0.308 e. The monoisotopic (exact) mass is 176 g/mol. The summed E-state index contributed by atoms with van der Waals surface area (Å²) in [6, 6.07) is 4.74. The van der Waals surface area contributed by atoms with Crippen molar-refractivity contribution < 1.29 is 0 Å². The molecular weight excluding hydrogens is 160 g/mol. The van der Waals surface area contributed by atoms with E-state index in [2.05, 4.69) is 36.3 Å². The van der Waals surface area contributed by atoms with E-state index in [1.807, 2.05) is 6.20 Å². The normalized spacial score (nSPS) is 27.8. The molecule has 0 unspecified atom stereocenters. The van der Waals surface area contributed by atoms with Crippen molar-refractivity contribution in [3.63, 3.8) is 0 Å². The van der Waals surface area contributed by atoms with Crippen molar-refractivity contribution in [1.82, 2.24) is 10.3 Å². The molecule has 1 aliphatic rings. The van der Waals surface area contributed by atoms with Crippen LogP contribution >= 0.6 is 0 Å². The number of aromatic nitrogens is 1. The van der Waals surface area contributed by atoms with E-state index < -0.39 is 0 Å². The van der Waals surface area contributed by atoms with Gasteiger partial charge in [-0.3, -0.25) is 4.98 Å². The number of nitrogens with one attached hydrogen (secondary N) is 1. The fraction of sp³-hybridized carbons (Fsp3) is 0.545. The molecule has 2 nitrogen and oxygen atoms in total. The van der Waals surface area contributed by atoms with Gasteiger partial charge in [-0.2, -0.15) is 0 Å². The van der Waals surface area contributed by atoms with Gasteiger partial charge in [0.05, 0.1) is 5.69 Å².